The first-order chi connectivity index (χ1) is 9.10. The third-order valence-electron chi connectivity index (χ3n) is 2.53. The fraction of sp³-hybridized carbons (Fsp3) is 0.143. The van der Waals surface area contributed by atoms with Gasteiger partial charge in [-0.2, -0.15) is 0 Å². The number of nitrogens with zero attached hydrogens (tertiary/aromatic N) is 1. The summed E-state index contributed by atoms with van der Waals surface area (Å²) in [5.74, 6) is 0.419. The Labute approximate surface area is 111 Å². The van der Waals surface area contributed by atoms with E-state index in [1.54, 1.807) is 0 Å². The van der Waals surface area contributed by atoms with Crippen LogP contribution in [0.25, 0.3) is 0 Å². The number of ether oxygens (including phenoxy) is 2. The number of aryl methyl sites for hydroxylation is 1. The minimum atomic E-state index is -0.519. The van der Waals surface area contributed by atoms with Crippen LogP contribution in [0.3, 0.4) is 0 Å². The monoisotopic (exact) mass is 258 g/mol. The van der Waals surface area contributed by atoms with E-state index in [0.717, 1.165) is 5.56 Å². The smallest absolute Gasteiger partial charge is 0.340 e. The molecular formula is C14H14N2O3. The van der Waals surface area contributed by atoms with Crippen molar-refractivity contribution < 1.29 is 14.3 Å². The van der Waals surface area contributed by atoms with Gasteiger partial charge in [-0.15, -0.1) is 0 Å². The first-order valence-electron chi connectivity index (χ1n) is 5.68. The van der Waals surface area contributed by atoms with Crippen LogP contribution in [0, 0.1) is 6.92 Å². The van der Waals surface area contributed by atoms with Gasteiger partial charge in [0.1, 0.15) is 5.75 Å². The Morgan fingerprint density at radius 3 is 2.79 bits per heavy atom. The van der Waals surface area contributed by atoms with Crippen LogP contribution in [0.4, 0.5) is 5.69 Å². The third kappa shape index (κ3) is 3.01. The highest BCUT2D eigenvalue weighted by Gasteiger charge is 2.12. The Morgan fingerprint density at radius 2 is 2.11 bits per heavy atom. The third-order valence-corrected chi connectivity index (χ3v) is 2.53. The van der Waals surface area contributed by atoms with Crippen LogP contribution in [0.1, 0.15) is 15.9 Å². The number of hydrogen-bond acceptors (Lipinski definition) is 5. The van der Waals surface area contributed by atoms with Crippen LogP contribution >= 0.6 is 0 Å². The normalized spacial score (nSPS) is 10.0. The van der Waals surface area contributed by atoms with E-state index in [9.17, 15) is 4.79 Å². The summed E-state index contributed by atoms with van der Waals surface area (Å²) in [6.07, 6.45) is 1.37. The average molecular weight is 258 g/mol. The number of pyridine rings is 1. The summed E-state index contributed by atoms with van der Waals surface area (Å²) in [5, 5.41) is 0. The molecule has 5 nitrogen and oxygen atoms in total. The van der Waals surface area contributed by atoms with Crippen LogP contribution in [-0.4, -0.2) is 18.1 Å². The van der Waals surface area contributed by atoms with E-state index in [0.29, 0.717) is 11.6 Å². The maximum absolute atomic E-state index is 11.5. The molecule has 0 saturated heterocycles. The molecule has 0 aliphatic rings. The zero-order valence-corrected chi connectivity index (χ0v) is 10.7. The van der Waals surface area contributed by atoms with E-state index in [2.05, 4.69) is 9.72 Å². The molecule has 0 aliphatic carbocycles. The molecule has 0 bridgehead atoms. The highest BCUT2D eigenvalue weighted by atomic mass is 16.5. The van der Waals surface area contributed by atoms with E-state index in [-0.39, 0.29) is 11.3 Å². The summed E-state index contributed by atoms with van der Waals surface area (Å²) in [6, 6.07) is 8.98. The lowest BCUT2D eigenvalue weighted by Crippen LogP contribution is -2.06. The molecule has 0 saturated carbocycles. The van der Waals surface area contributed by atoms with Gasteiger partial charge in [0, 0.05) is 6.07 Å². The maximum Gasteiger partial charge on any atom is 0.340 e. The molecule has 2 rings (SSSR count). The Bertz CT molecular complexity index is 611. The Balaban J connectivity index is 2.29. The zero-order valence-electron chi connectivity index (χ0n) is 10.7. The summed E-state index contributed by atoms with van der Waals surface area (Å²) in [4.78, 5) is 15.5. The van der Waals surface area contributed by atoms with Crippen molar-refractivity contribution in [1.82, 2.24) is 4.98 Å². The van der Waals surface area contributed by atoms with Crippen molar-refractivity contribution in [3.63, 3.8) is 0 Å². The van der Waals surface area contributed by atoms with Gasteiger partial charge < -0.3 is 15.2 Å². The molecule has 0 fully saturated rings. The van der Waals surface area contributed by atoms with Crippen molar-refractivity contribution in [1.29, 1.82) is 0 Å². The number of carbonyl (C=O) groups excluding carboxylic acids is 1. The molecule has 1 heterocycles. The van der Waals surface area contributed by atoms with Gasteiger partial charge in [-0.05, 0) is 24.6 Å². The largest absolute Gasteiger partial charge is 0.465 e. The Hall–Kier alpha value is -2.56. The second-order valence-corrected chi connectivity index (χ2v) is 4.02. The number of rotatable bonds is 3. The van der Waals surface area contributed by atoms with Crippen LogP contribution in [-0.2, 0) is 4.74 Å². The van der Waals surface area contributed by atoms with Gasteiger partial charge in [-0.3, -0.25) is 0 Å². The number of carbonyl (C=O) groups is 1. The fourth-order valence-electron chi connectivity index (χ4n) is 1.59. The molecule has 0 spiro atoms. The molecule has 2 N–H and O–H groups in total. The molecule has 0 radical (unpaired) electrons. The highest BCUT2D eigenvalue weighted by Crippen LogP contribution is 2.23. The predicted molar refractivity (Wildman–Crippen MR) is 71.2 cm³/mol. The first-order valence-corrected chi connectivity index (χ1v) is 5.68. The molecule has 0 unspecified atom stereocenters. The van der Waals surface area contributed by atoms with Crippen molar-refractivity contribution >= 4 is 11.7 Å². The zero-order chi connectivity index (χ0) is 13.8. The van der Waals surface area contributed by atoms with Gasteiger partial charge in [-0.25, -0.2) is 9.78 Å². The van der Waals surface area contributed by atoms with Gasteiger partial charge in [0.05, 0.1) is 24.6 Å². The summed E-state index contributed by atoms with van der Waals surface area (Å²) >= 11 is 0. The first kappa shape index (κ1) is 12.9. The van der Waals surface area contributed by atoms with Gasteiger partial charge >= 0.3 is 5.97 Å². The lowest BCUT2D eigenvalue weighted by molar-refractivity contribution is 0.0601. The van der Waals surface area contributed by atoms with Crippen LogP contribution in [0.5, 0.6) is 11.6 Å². The van der Waals surface area contributed by atoms with E-state index in [1.807, 2.05) is 31.2 Å². The van der Waals surface area contributed by atoms with Crippen LogP contribution < -0.4 is 10.5 Å². The van der Waals surface area contributed by atoms with E-state index >= 15 is 0 Å². The van der Waals surface area contributed by atoms with E-state index < -0.39 is 5.97 Å². The molecular weight excluding hydrogens is 244 g/mol. The number of benzene rings is 1. The fourth-order valence-corrected chi connectivity index (χ4v) is 1.59. The molecule has 98 valence electrons. The number of hydrogen-bond donors (Lipinski definition) is 1. The van der Waals surface area contributed by atoms with Crippen molar-refractivity contribution in [2.75, 3.05) is 12.8 Å². The molecule has 0 atom stereocenters. The lowest BCUT2D eigenvalue weighted by atomic mass is 10.2. The van der Waals surface area contributed by atoms with Gasteiger partial charge in [0.15, 0.2) is 0 Å². The number of anilines is 1. The summed E-state index contributed by atoms with van der Waals surface area (Å²) in [6.45, 7) is 1.96. The number of aromatic nitrogens is 1. The Kier molecular flexibility index (Phi) is 3.66. The number of esters is 1. The molecule has 0 aliphatic heterocycles. The standard InChI is InChI=1S/C14H14N2O3/c1-9-4-3-5-10(6-9)19-13-7-11(14(17)18-2)12(15)8-16-13/h3-8H,15H2,1-2H3. The maximum atomic E-state index is 11.5. The molecule has 0 amide bonds. The van der Waals surface area contributed by atoms with Crippen molar-refractivity contribution in [3.8, 4) is 11.6 Å². The minimum absolute atomic E-state index is 0.236. The second kappa shape index (κ2) is 5.39. The van der Waals surface area contributed by atoms with Gasteiger partial charge in [0.25, 0.3) is 0 Å². The predicted octanol–water partition coefficient (Wildman–Crippen LogP) is 2.55. The molecule has 1 aromatic carbocycles. The lowest BCUT2D eigenvalue weighted by Gasteiger charge is -2.08. The summed E-state index contributed by atoms with van der Waals surface area (Å²) < 4.78 is 10.2. The summed E-state index contributed by atoms with van der Waals surface area (Å²) in [5.41, 5.74) is 7.22. The summed E-state index contributed by atoms with van der Waals surface area (Å²) in [7, 11) is 1.29. The minimum Gasteiger partial charge on any atom is -0.465 e. The van der Waals surface area contributed by atoms with Gasteiger partial charge in [-0.1, -0.05) is 12.1 Å². The number of methoxy groups -OCH3 is 1. The van der Waals surface area contributed by atoms with Crippen molar-refractivity contribution in [2.45, 2.75) is 6.92 Å². The van der Waals surface area contributed by atoms with E-state index in [4.69, 9.17) is 10.5 Å². The molecule has 2 aromatic rings. The molecule has 19 heavy (non-hydrogen) atoms. The van der Waals surface area contributed by atoms with E-state index in [1.165, 1.54) is 19.4 Å². The van der Waals surface area contributed by atoms with Crippen LogP contribution in [0.15, 0.2) is 36.5 Å². The van der Waals surface area contributed by atoms with Crippen molar-refractivity contribution in [2.24, 2.45) is 0 Å². The quantitative estimate of drug-likeness (QED) is 0.856. The highest BCUT2D eigenvalue weighted by molar-refractivity contribution is 5.95. The number of nitrogens with two attached hydrogens (primary N) is 1. The SMILES string of the molecule is COC(=O)c1cc(Oc2cccc(C)c2)ncc1N. The average Bonchev–Trinajstić information content (AvgIpc) is 2.40. The molecule has 5 heteroatoms. The number of nitrogen functional groups attached to an aromatic ring is 1. The van der Waals surface area contributed by atoms with Crippen LogP contribution in [0.2, 0.25) is 0 Å². The topological polar surface area (TPSA) is 74.4 Å². The Morgan fingerprint density at radius 1 is 1.32 bits per heavy atom. The second-order valence-electron chi connectivity index (χ2n) is 4.02. The molecule has 1 aromatic heterocycles. The van der Waals surface area contributed by atoms with Gasteiger partial charge in [0.2, 0.25) is 5.88 Å². The van der Waals surface area contributed by atoms with Crippen molar-refractivity contribution in [3.05, 3.63) is 47.7 Å².